The van der Waals surface area contributed by atoms with E-state index in [1.807, 2.05) is 0 Å². The van der Waals surface area contributed by atoms with Crippen molar-refractivity contribution in [2.75, 3.05) is 0 Å². The first kappa shape index (κ1) is 14.1. The number of aliphatic carboxylic acids is 1. The van der Waals surface area contributed by atoms with Gasteiger partial charge in [-0.15, -0.1) is 11.8 Å². The summed E-state index contributed by atoms with van der Waals surface area (Å²) in [5.74, 6) is -1.43. The maximum atomic E-state index is 11.2. The summed E-state index contributed by atoms with van der Waals surface area (Å²) < 4.78 is 0. The zero-order valence-electron chi connectivity index (χ0n) is 9.23. The van der Waals surface area contributed by atoms with Crippen molar-refractivity contribution in [1.82, 2.24) is 4.90 Å². The third-order valence-electron chi connectivity index (χ3n) is 2.39. The molecule has 0 aromatic carbocycles. The van der Waals surface area contributed by atoms with Gasteiger partial charge in [-0.3, -0.25) is 9.69 Å². The number of nitrogens with zero attached hydrogens (tertiary/aromatic N) is 1. The number of carboxylic acid groups (broad SMARTS) is 1. The summed E-state index contributed by atoms with van der Waals surface area (Å²) in [7, 11) is 0. The fraction of sp³-hybridized carbons (Fsp3) is 0.556. The molecule has 2 rings (SSSR count). The summed E-state index contributed by atoms with van der Waals surface area (Å²) in [6, 6.07) is -0.115. The predicted octanol–water partition coefficient (Wildman–Crippen LogP) is -4.01. The van der Waals surface area contributed by atoms with Gasteiger partial charge in [0.05, 0.1) is 23.5 Å². The maximum Gasteiger partial charge on any atom is 1.00 e. The summed E-state index contributed by atoms with van der Waals surface area (Å²) in [4.78, 5) is 24.1. The Balaban J connectivity index is 0.00000128. The van der Waals surface area contributed by atoms with Gasteiger partial charge in [-0.25, -0.2) is 0 Å². The molecule has 0 aromatic rings. The number of hydrogen-bond donors (Lipinski definition) is 1. The van der Waals surface area contributed by atoms with E-state index < -0.39 is 5.97 Å². The van der Waals surface area contributed by atoms with Crippen molar-refractivity contribution < 1.29 is 44.3 Å². The van der Waals surface area contributed by atoms with Gasteiger partial charge in [-0.05, 0) is 13.3 Å². The van der Waals surface area contributed by atoms with Crippen LogP contribution in [0.5, 0.6) is 0 Å². The van der Waals surface area contributed by atoms with Crippen molar-refractivity contribution in [2.45, 2.75) is 31.2 Å². The molecule has 2 N–H and O–H groups in total. The molecule has 0 radical (unpaired) electrons. The van der Waals surface area contributed by atoms with E-state index in [4.69, 9.17) is 5.73 Å². The summed E-state index contributed by atoms with van der Waals surface area (Å²) >= 11 is 1.41. The van der Waals surface area contributed by atoms with Crippen LogP contribution in [0.3, 0.4) is 0 Å². The fourth-order valence-electron chi connectivity index (χ4n) is 1.75. The molecular weight excluding hydrogens is 239 g/mol. The number of amides is 1. The second kappa shape index (κ2) is 5.10. The molecule has 1 unspecified atom stereocenters. The fourth-order valence-corrected chi connectivity index (χ4v) is 3.29. The average molecular weight is 250 g/mol. The molecule has 5 nitrogen and oxygen atoms in total. The SMILES string of the molecule is CC(N)CC1=C(C(=O)[O-])N2C(=O)C[C@H]2S1.[Na+]. The Kier molecular flexibility index (Phi) is 4.48. The van der Waals surface area contributed by atoms with E-state index in [2.05, 4.69) is 0 Å². The second-order valence-electron chi connectivity index (χ2n) is 3.78. The van der Waals surface area contributed by atoms with Crippen LogP contribution in [-0.2, 0) is 9.59 Å². The van der Waals surface area contributed by atoms with Gasteiger partial charge >= 0.3 is 29.6 Å². The number of carbonyl (C=O) groups is 2. The van der Waals surface area contributed by atoms with Gasteiger partial charge in [0.2, 0.25) is 5.91 Å². The van der Waals surface area contributed by atoms with Crippen LogP contribution < -0.4 is 40.4 Å². The zero-order chi connectivity index (χ0) is 11.2. The summed E-state index contributed by atoms with van der Waals surface area (Å²) in [5, 5.41) is 10.9. The smallest absolute Gasteiger partial charge is 0.543 e. The number of β-lactam (4-membered cyclic amide) rings is 1. The van der Waals surface area contributed by atoms with E-state index in [0.717, 1.165) is 0 Å². The van der Waals surface area contributed by atoms with E-state index in [9.17, 15) is 14.7 Å². The zero-order valence-corrected chi connectivity index (χ0v) is 12.0. The summed E-state index contributed by atoms with van der Waals surface area (Å²) in [6.07, 6.45) is 0.887. The molecule has 0 bridgehead atoms. The number of carboxylic acids is 1. The molecular formula is C9H11N2NaO3S. The number of nitrogens with two attached hydrogens (primary N) is 1. The molecule has 1 saturated heterocycles. The minimum absolute atomic E-state index is 0. The number of fused-ring (bicyclic) bond motifs is 1. The van der Waals surface area contributed by atoms with E-state index in [-0.39, 0.29) is 52.6 Å². The third-order valence-corrected chi connectivity index (χ3v) is 3.68. The number of carbonyl (C=O) groups excluding carboxylic acids is 2. The van der Waals surface area contributed by atoms with E-state index in [1.165, 1.54) is 16.7 Å². The standard InChI is InChI=1S/C9H12N2O3S.Na/c1-4(10)2-5-8(9(13)14)11-6(12)3-7(11)15-5;/h4,7H,2-3,10H2,1H3,(H,13,14);/q;+1/p-1/t4?,7-;/m1./s1. The molecule has 2 aliphatic rings. The van der Waals surface area contributed by atoms with Gasteiger partial charge in [-0.1, -0.05) is 0 Å². The number of rotatable bonds is 3. The average Bonchev–Trinajstić information content (AvgIpc) is 2.37. The summed E-state index contributed by atoms with van der Waals surface area (Å²) in [5.41, 5.74) is 5.64. The molecule has 82 valence electrons. The predicted molar refractivity (Wildman–Crippen MR) is 53.1 cm³/mol. The van der Waals surface area contributed by atoms with Gasteiger partial charge in [0, 0.05) is 10.9 Å². The normalized spacial score (nSPS) is 24.8. The van der Waals surface area contributed by atoms with E-state index in [1.54, 1.807) is 6.92 Å². The van der Waals surface area contributed by atoms with E-state index >= 15 is 0 Å². The molecule has 7 heteroatoms. The molecule has 2 aliphatic heterocycles. The molecule has 16 heavy (non-hydrogen) atoms. The van der Waals surface area contributed by atoms with Crippen molar-refractivity contribution in [3.8, 4) is 0 Å². The third kappa shape index (κ3) is 2.31. The molecule has 0 spiro atoms. The van der Waals surface area contributed by atoms with Gasteiger partial charge in [-0.2, -0.15) is 0 Å². The van der Waals surface area contributed by atoms with Crippen LogP contribution in [0.25, 0.3) is 0 Å². The monoisotopic (exact) mass is 250 g/mol. The van der Waals surface area contributed by atoms with Crippen molar-refractivity contribution in [3.63, 3.8) is 0 Å². The number of hydrogen-bond acceptors (Lipinski definition) is 5. The minimum Gasteiger partial charge on any atom is -0.543 e. The molecule has 0 aromatic heterocycles. The summed E-state index contributed by atoms with van der Waals surface area (Å²) in [6.45, 7) is 1.80. The molecule has 0 saturated carbocycles. The van der Waals surface area contributed by atoms with Crippen molar-refractivity contribution in [3.05, 3.63) is 10.6 Å². The largest absolute Gasteiger partial charge is 1.00 e. The van der Waals surface area contributed by atoms with Gasteiger partial charge in [0.25, 0.3) is 0 Å². The quantitative estimate of drug-likeness (QED) is 0.407. The Bertz CT molecular complexity index is 370. The Hall–Kier alpha value is -0.0100. The molecule has 2 atom stereocenters. The van der Waals surface area contributed by atoms with Crippen LogP contribution in [0, 0.1) is 0 Å². The minimum atomic E-state index is -1.28. The maximum absolute atomic E-state index is 11.2. The van der Waals surface area contributed by atoms with Gasteiger partial charge in [0.1, 0.15) is 0 Å². The van der Waals surface area contributed by atoms with Gasteiger partial charge in [0.15, 0.2) is 0 Å². The first-order chi connectivity index (χ1) is 7.00. The Morgan fingerprint density at radius 2 is 2.38 bits per heavy atom. The topological polar surface area (TPSA) is 86.5 Å². The first-order valence-corrected chi connectivity index (χ1v) is 5.57. The van der Waals surface area contributed by atoms with E-state index in [0.29, 0.717) is 17.7 Å². The van der Waals surface area contributed by atoms with Crippen LogP contribution in [-0.4, -0.2) is 28.2 Å². The molecule has 1 amide bonds. The van der Waals surface area contributed by atoms with Crippen molar-refractivity contribution in [2.24, 2.45) is 5.73 Å². The molecule has 1 fully saturated rings. The Morgan fingerprint density at radius 1 is 1.75 bits per heavy atom. The van der Waals surface area contributed by atoms with Crippen LogP contribution in [0.15, 0.2) is 10.6 Å². The Labute approximate surface area is 120 Å². The van der Waals surface area contributed by atoms with Crippen LogP contribution >= 0.6 is 11.8 Å². The van der Waals surface area contributed by atoms with Crippen molar-refractivity contribution in [1.29, 1.82) is 0 Å². The van der Waals surface area contributed by atoms with Crippen LogP contribution in [0.2, 0.25) is 0 Å². The number of thioether (sulfide) groups is 1. The Morgan fingerprint density at radius 3 is 2.81 bits per heavy atom. The second-order valence-corrected chi connectivity index (χ2v) is 5.05. The first-order valence-electron chi connectivity index (χ1n) is 4.69. The van der Waals surface area contributed by atoms with Gasteiger partial charge < -0.3 is 15.6 Å². The molecule has 2 heterocycles. The molecule has 0 aliphatic carbocycles. The van der Waals surface area contributed by atoms with Crippen molar-refractivity contribution >= 4 is 23.6 Å². The van der Waals surface area contributed by atoms with Crippen LogP contribution in [0.4, 0.5) is 0 Å². The van der Waals surface area contributed by atoms with Crippen LogP contribution in [0.1, 0.15) is 19.8 Å².